The Morgan fingerprint density at radius 2 is 2.24 bits per heavy atom. The van der Waals surface area contributed by atoms with Gasteiger partial charge in [0.1, 0.15) is 5.69 Å². The van der Waals surface area contributed by atoms with Crippen molar-refractivity contribution in [3.05, 3.63) is 50.4 Å². The second-order valence-corrected chi connectivity index (χ2v) is 5.84. The summed E-state index contributed by atoms with van der Waals surface area (Å²) in [6.07, 6.45) is 1.62. The van der Waals surface area contributed by atoms with E-state index in [1.165, 1.54) is 4.88 Å². The van der Waals surface area contributed by atoms with Crippen LogP contribution in [0.15, 0.2) is 34.9 Å². The molecule has 1 N–H and O–H groups in total. The van der Waals surface area contributed by atoms with Gasteiger partial charge in [-0.2, -0.15) is 0 Å². The van der Waals surface area contributed by atoms with E-state index < -0.39 is 0 Å². The van der Waals surface area contributed by atoms with Crippen molar-refractivity contribution in [2.24, 2.45) is 0 Å². The highest BCUT2D eigenvalue weighted by Gasteiger charge is 2.06. The summed E-state index contributed by atoms with van der Waals surface area (Å²) >= 11 is 4.97. The number of rotatable bonds is 3. The molecule has 2 heterocycles. The Balaban J connectivity index is 1.95. The molecule has 0 fully saturated rings. The normalized spacial score (nSPS) is 10.2. The highest BCUT2D eigenvalue weighted by molar-refractivity contribution is 9.10. The van der Waals surface area contributed by atoms with Gasteiger partial charge in [0.15, 0.2) is 0 Å². The van der Waals surface area contributed by atoms with Crippen molar-refractivity contribution in [3.8, 4) is 0 Å². The summed E-state index contributed by atoms with van der Waals surface area (Å²) in [5, 5.41) is 2.84. The number of nitrogens with one attached hydrogen (secondary N) is 1. The SMILES string of the molecule is Cc1ccc(CNC(=O)c2ccc(Br)cn2)s1. The van der Waals surface area contributed by atoms with E-state index in [0.29, 0.717) is 12.2 Å². The highest BCUT2D eigenvalue weighted by atomic mass is 79.9. The van der Waals surface area contributed by atoms with Crippen LogP contribution in [0.5, 0.6) is 0 Å². The molecule has 0 aliphatic rings. The number of pyridine rings is 1. The molecule has 0 radical (unpaired) electrons. The summed E-state index contributed by atoms with van der Waals surface area (Å²) in [4.78, 5) is 18.2. The fraction of sp³-hybridized carbons (Fsp3) is 0.167. The standard InChI is InChI=1S/C12H11BrN2OS/c1-8-2-4-10(17-8)7-15-12(16)11-5-3-9(13)6-14-11/h2-6H,7H2,1H3,(H,15,16). The Hall–Kier alpha value is -1.20. The second kappa shape index (κ2) is 5.42. The van der Waals surface area contributed by atoms with Crippen molar-refractivity contribution < 1.29 is 4.79 Å². The van der Waals surface area contributed by atoms with Gasteiger partial charge in [-0.15, -0.1) is 11.3 Å². The number of carbonyl (C=O) groups is 1. The van der Waals surface area contributed by atoms with Gasteiger partial charge in [-0.3, -0.25) is 4.79 Å². The van der Waals surface area contributed by atoms with Crippen LogP contribution in [0.4, 0.5) is 0 Å². The zero-order chi connectivity index (χ0) is 12.3. The predicted octanol–water partition coefficient (Wildman–Crippen LogP) is 3.14. The molecule has 0 aliphatic heterocycles. The number of nitrogens with zero attached hydrogens (tertiary/aromatic N) is 1. The molecule has 0 unspecified atom stereocenters. The van der Waals surface area contributed by atoms with Crippen molar-refractivity contribution in [2.75, 3.05) is 0 Å². The van der Waals surface area contributed by atoms with Crippen molar-refractivity contribution in [3.63, 3.8) is 0 Å². The molecule has 2 aromatic heterocycles. The summed E-state index contributed by atoms with van der Waals surface area (Å²) in [7, 11) is 0. The number of aryl methyl sites for hydroxylation is 1. The van der Waals surface area contributed by atoms with Crippen molar-refractivity contribution in [2.45, 2.75) is 13.5 Å². The molecule has 0 saturated carbocycles. The maximum atomic E-state index is 11.8. The van der Waals surface area contributed by atoms with Gasteiger partial charge >= 0.3 is 0 Å². The molecule has 0 aromatic carbocycles. The molecule has 0 saturated heterocycles. The average Bonchev–Trinajstić information content (AvgIpc) is 2.73. The van der Waals surface area contributed by atoms with E-state index in [4.69, 9.17) is 0 Å². The van der Waals surface area contributed by atoms with E-state index in [0.717, 1.165) is 9.35 Å². The van der Waals surface area contributed by atoms with E-state index in [-0.39, 0.29) is 5.91 Å². The fourth-order valence-electron chi connectivity index (χ4n) is 1.35. The van der Waals surface area contributed by atoms with E-state index in [2.05, 4.69) is 26.2 Å². The predicted molar refractivity (Wildman–Crippen MR) is 72.2 cm³/mol. The number of hydrogen-bond donors (Lipinski definition) is 1. The number of halogens is 1. The van der Waals surface area contributed by atoms with E-state index in [1.807, 2.05) is 19.1 Å². The average molecular weight is 311 g/mol. The van der Waals surface area contributed by atoms with E-state index in [9.17, 15) is 4.79 Å². The monoisotopic (exact) mass is 310 g/mol. The Labute approximate surface area is 112 Å². The summed E-state index contributed by atoms with van der Waals surface area (Å²) in [5.74, 6) is -0.149. The van der Waals surface area contributed by atoms with E-state index >= 15 is 0 Å². The lowest BCUT2D eigenvalue weighted by atomic mass is 10.3. The lowest BCUT2D eigenvalue weighted by molar-refractivity contribution is 0.0946. The van der Waals surface area contributed by atoms with Crippen molar-refractivity contribution in [1.29, 1.82) is 0 Å². The van der Waals surface area contributed by atoms with Gasteiger partial charge in [0.2, 0.25) is 0 Å². The molecular formula is C12H11BrN2OS. The zero-order valence-corrected chi connectivity index (χ0v) is 11.6. The van der Waals surface area contributed by atoms with Gasteiger partial charge in [-0.25, -0.2) is 4.98 Å². The first-order valence-corrected chi connectivity index (χ1v) is 6.71. The third kappa shape index (κ3) is 3.38. The zero-order valence-electron chi connectivity index (χ0n) is 9.24. The van der Waals surface area contributed by atoms with Crippen LogP contribution in [-0.2, 0) is 6.54 Å². The van der Waals surface area contributed by atoms with Crippen LogP contribution in [-0.4, -0.2) is 10.9 Å². The minimum absolute atomic E-state index is 0.149. The van der Waals surface area contributed by atoms with E-state index in [1.54, 1.807) is 29.7 Å². The van der Waals surface area contributed by atoms with Crippen LogP contribution in [0.3, 0.4) is 0 Å². The van der Waals surface area contributed by atoms with Crippen LogP contribution in [0.2, 0.25) is 0 Å². The molecule has 0 spiro atoms. The molecule has 2 aromatic rings. The van der Waals surface area contributed by atoms with Crippen LogP contribution in [0.1, 0.15) is 20.2 Å². The Bertz CT molecular complexity index is 522. The van der Waals surface area contributed by atoms with Gasteiger partial charge in [0.25, 0.3) is 5.91 Å². The number of carbonyl (C=O) groups excluding carboxylic acids is 1. The van der Waals surface area contributed by atoms with Crippen LogP contribution in [0, 0.1) is 6.92 Å². The lowest BCUT2D eigenvalue weighted by Crippen LogP contribution is -2.23. The van der Waals surface area contributed by atoms with Crippen LogP contribution < -0.4 is 5.32 Å². The molecule has 0 bridgehead atoms. The first kappa shape index (κ1) is 12.3. The molecule has 88 valence electrons. The Kier molecular flexibility index (Phi) is 3.91. The maximum absolute atomic E-state index is 11.8. The third-order valence-electron chi connectivity index (χ3n) is 2.18. The van der Waals surface area contributed by atoms with Gasteiger partial charge < -0.3 is 5.32 Å². The van der Waals surface area contributed by atoms with Crippen molar-refractivity contribution in [1.82, 2.24) is 10.3 Å². The fourth-order valence-corrected chi connectivity index (χ4v) is 2.41. The number of aromatic nitrogens is 1. The summed E-state index contributed by atoms with van der Waals surface area (Å²) in [5.41, 5.74) is 0.432. The van der Waals surface area contributed by atoms with Gasteiger partial charge in [-0.1, -0.05) is 0 Å². The van der Waals surface area contributed by atoms with Gasteiger partial charge in [0.05, 0.1) is 6.54 Å². The van der Waals surface area contributed by atoms with Gasteiger partial charge in [-0.05, 0) is 47.1 Å². The third-order valence-corrected chi connectivity index (χ3v) is 3.65. The largest absolute Gasteiger partial charge is 0.346 e. The summed E-state index contributed by atoms with van der Waals surface area (Å²) < 4.78 is 0.864. The smallest absolute Gasteiger partial charge is 0.270 e. The lowest BCUT2D eigenvalue weighted by Gasteiger charge is -2.02. The molecule has 17 heavy (non-hydrogen) atoms. The summed E-state index contributed by atoms with van der Waals surface area (Å²) in [6, 6.07) is 7.57. The molecule has 3 nitrogen and oxygen atoms in total. The summed E-state index contributed by atoms with van der Waals surface area (Å²) in [6.45, 7) is 2.60. The molecule has 0 atom stereocenters. The maximum Gasteiger partial charge on any atom is 0.270 e. The molecule has 1 amide bonds. The molecule has 0 aliphatic carbocycles. The molecular weight excluding hydrogens is 300 g/mol. The highest BCUT2D eigenvalue weighted by Crippen LogP contribution is 2.14. The minimum Gasteiger partial charge on any atom is -0.346 e. The molecule has 2 rings (SSSR count). The first-order chi connectivity index (χ1) is 8.15. The Morgan fingerprint density at radius 1 is 1.41 bits per heavy atom. The number of amides is 1. The second-order valence-electron chi connectivity index (χ2n) is 3.56. The Morgan fingerprint density at radius 3 is 2.82 bits per heavy atom. The quantitative estimate of drug-likeness (QED) is 0.946. The number of hydrogen-bond acceptors (Lipinski definition) is 3. The first-order valence-electron chi connectivity index (χ1n) is 5.10. The van der Waals surface area contributed by atoms with Crippen LogP contribution >= 0.6 is 27.3 Å². The van der Waals surface area contributed by atoms with Crippen molar-refractivity contribution >= 4 is 33.2 Å². The minimum atomic E-state index is -0.149. The topological polar surface area (TPSA) is 42.0 Å². The van der Waals surface area contributed by atoms with Crippen LogP contribution in [0.25, 0.3) is 0 Å². The number of thiophene rings is 1. The molecule has 5 heteroatoms. The van der Waals surface area contributed by atoms with Gasteiger partial charge in [0, 0.05) is 20.4 Å².